The third kappa shape index (κ3) is 1.88. The number of nitrogens with zero attached hydrogens (tertiary/aromatic N) is 3. The van der Waals surface area contributed by atoms with Crippen molar-refractivity contribution in [3.05, 3.63) is 10.4 Å². The van der Waals surface area contributed by atoms with Crippen LogP contribution in [0, 0.1) is 0 Å². The first-order valence-electron chi connectivity index (χ1n) is 3.56. The predicted octanol–water partition coefficient (Wildman–Crippen LogP) is 1.11. The van der Waals surface area contributed by atoms with Gasteiger partial charge in [-0.2, -0.15) is 8.42 Å². The van der Waals surface area contributed by atoms with E-state index in [0.717, 1.165) is 0 Å². The van der Waals surface area contributed by atoms with E-state index in [0.29, 0.717) is 19.3 Å². The Hall–Kier alpha value is -0.780. The van der Waals surface area contributed by atoms with Crippen molar-refractivity contribution in [2.45, 2.75) is 30.6 Å². The fourth-order valence-corrected chi connectivity index (χ4v) is 2.50. The number of hydrogen-bond acceptors (Lipinski definition) is 3. The third-order valence-electron chi connectivity index (χ3n) is 2.00. The van der Waals surface area contributed by atoms with Crippen molar-refractivity contribution >= 4 is 10.1 Å². The van der Waals surface area contributed by atoms with Crippen LogP contribution in [-0.4, -0.2) is 24.3 Å². The zero-order chi connectivity index (χ0) is 9.19. The van der Waals surface area contributed by atoms with Crippen LogP contribution in [0.3, 0.4) is 0 Å². The molecular formula is C5H9N3O3S. The molecule has 0 unspecified atom stereocenters. The highest BCUT2D eigenvalue weighted by atomic mass is 32.2. The van der Waals surface area contributed by atoms with Crippen molar-refractivity contribution in [1.82, 2.24) is 0 Å². The molecule has 0 amide bonds. The minimum Gasteiger partial charge on any atom is -0.285 e. The highest BCUT2D eigenvalue weighted by Gasteiger charge is 2.35. The van der Waals surface area contributed by atoms with Gasteiger partial charge in [0.15, 0.2) is 0 Å². The summed E-state index contributed by atoms with van der Waals surface area (Å²) in [7, 11) is -4.04. The molecule has 0 bridgehead atoms. The molecule has 0 heterocycles. The minimum atomic E-state index is -4.04. The van der Waals surface area contributed by atoms with Gasteiger partial charge in [0.1, 0.15) is 0 Å². The van der Waals surface area contributed by atoms with E-state index >= 15 is 0 Å². The molecule has 1 rings (SSSR count). The van der Waals surface area contributed by atoms with Gasteiger partial charge in [-0.05, 0) is 18.4 Å². The molecule has 1 N–H and O–H groups in total. The molecule has 2 atom stereocenters. The van der Waals surface area contributed by atoms with Crippen molar-refractivity contribution in [2.24, 2.45) is 5.11 Å². The number of hydrogen-bond donors (Lipinski definition) is 1. The smallest absolute Gasteiger partial charge is 0.268 e. The van der Waals surface area contributed by atoms with Crippen molar-refractivity contribution in [3.63, 3.8) is 0 Å². The molecule has 0 aromatic rings. The molecule has 1 aliphatic rings. The van der Waals surface area contributed by atoms with E-state index < -0.39 is 21.4 Å². The Bertz CT molecular complexity index is 306. The highest BCUT2D eigenvalue weighted by molar-refractivity contribution is 7.86. The maximum atomic E-state index is 10.7. The first kappa shape index (κ1) is 9.31. The van der Waals surface area contributed by atoms with Crippen LogP contribution in [0.1, 0.15) is 19.3 Å². The van der Waals surface area contributed by atoms with E-state index in [-0.39, 0.29) is 0 Å². The first-order valence-corrected chi connectivity index (χ1v) is 5.06. The SMILES string of the molecule is [N-]=[N+]=N[C@@H]1CCC[C@H]1S(=O)(=O)O. The number of azide groups is 1. The quantitative estimate of drug-likeness (QED) is 0.306. The second-order valence-electron chi connectivity index (χ2n) is 2.76. The molecule has 0 radical (unpaired) electrons. The Balaban J connectivity index is 2.84. The highest BCUT2D eigenvalue weighted by Crippen LogP contribution is 2.27. The van der Waals surface area contributed by atoms with Crippen LogP contribution in [0.4, 0.5) is 0 Å². The molecule has 12 heavy (non-hydrogen) atoms. The van der Waals surface area contributed by atoms with Crippen LogP contribution < -0.4 is 0 Å². The van der Waals surface area contributed by atoms with E-state index in [1.807, 2.05) is 0 Å². The summed E-state index contributed by atoms with van der Waals surface area (Å²) < 4.78 is 30.1. The molecule has 7 heteroatoms. The fraction of sp³-hybridized carbons (Fsp3) is 1.00. The van der Waals surface area contributed by atoms with Crippen molar-refractivity contribution < 1.29 is 13.0 Å². The fourth-order valence-electron chi connectivity index (χ4n) is 1.45. The van der Waals surface area contributed by atoms with E-state index in [2.05, 4.69) is 10.0 Å². The van der Waals surface area contributed by atoms with Gasteiger partial charge >= 0.3 is 0 Å². The Morgan fingerprint density at radius 2 is 2.17 bits per heavy atom. The van der Waals surface area contributed by atoms with Gasteiger partial charge in [0.05, 0.1) is 11.3 Å². The van der Waals surface area contributed by atoms with Gasteiger partial charge in [0.2, 0.25) is 0 Å². The van der Waals surface area contributed by atoms with E-state index in [4.69, 9.17) is 10.1 Å². The van der Waals surface area contributed by atoms with Crippen molar-refractivity contribution in [1.29, 1.82) is 0 Å². The summed E-state index contributed by atoms with van der Waals surface area (Å²) in [5, 5.41) is 2.42. The van der Waals surface area contributed by atoms with E-state index in [1.54, 1.807) is 0 Å². The second kappa shape index (κ2) is 3.30. The molecule has 0 saturated heterocycles. The molecule has 1 saturated carbocycles. The predicted molar refractivity (Wildman–Crippen MR) is 42.1 cm³/mol. The topological polar surface area (TPSA) is 103 Å². The maximum absolute atomic E-state index is 10.7. The van der Waals surface area contributed by atoms with Gasteiger partial charge in [0.25, 0.3) is 10.1 Å². The number of rotatable bonds is 2. The summed E-state index contributed by atoms with van der Waals surface area (Å²) in [4.78, 5) is 2.53. The van der Waals surface area contributed by atoms with E-state index in [1.165, 1.54) is 0 Å². The van der Waals surface area contributed by atoms with Gasteiger partial charge in [0, 0.05) is 4.91 Å². The average Bonchev–Trinajstić information content (AvgIpc) is 2.34. The molecule has 68 valence electrons. The lowest BCUT2D eigenvalue weighted by Gasteiger charge is -2.09. The van der Waals surface area contributed by atoms with Gasteiger partial charge in [-0.25, -0.2) is 0 Å². The monoisotopic (exact) mass is 191 g/mol. The van der Waals surface area contributed by atoms with Crippen molar-refractivity contribution in [3.8, 4) is 0 Å². The Kier molecular flexibility index (Phi) is 2.56. The molecular weight excluding hydrogens is 182 g/mol. The second-order valence-corrected chi connectivity index (χ2v) is 4.39. The largest absolute Gasteiger partial charge is 0.285 e. The van der Waals surface area contributed by atoms with E-state index in [9.17, 15) is 8.42 Å². The lowest BCUT2D eigenvalue weighted by molar-refractivity contribution is 0.460. The molecule has 1 aliphatic carbocycles. The summed E-state index contributed by atoms with van der Waals surface area (Å²) in [6.07, 6.45) is 1.59. The van der Waals surface area contributed by atoms with Gasteiger partial charge in [-0.15, -0.1) is 0 Å². The minimum absolute atomic E-state index is 0.377. The van der Waals surface area contributed by atoms with Gasteiger partial charge in [-0.3, -0.25) is 4.55 Å². The van der Waals surface area contributed by atoms with Crippen LogP contribution in [0.25, 0.3) is 10.4 Å². The van der Waals surface area contributed by atoms with Crippen molar-refractivity contribution in [2.75, 3.05) is 0 Å². The van der Waals surface area contributed by atoms with Crippen LogP contribution in [0.5, 0.6) is 0 Å². The molecule has 0 aromatic carbocycles. The zero-order valence-corrected chi connectivity index (χ0v) is 7.11. The lowest BCUT2D eigenvalue weighted by atomic mass is 10.3. The summed E-state index contributed by atoms with van der Waals surface area (Å²) in [6.45, 7) is 0. The van der Waals surface area contributed by atoms with Gasteiger partial charge < -0.3 is 0 Å². The van der Waals surface area contributed by atoms with Gasteiger partial charge in [-0.1, -0.05) is 11.5 Å². The zero-order valence-electron chi connectivity index (χ0n) is 6.29. The summed E-state index contributed by atoms with van der Waals surface area (Å²) in [5.41, 5.74) is 8.09. The average molecular weight is 191 g/mol. The molecule has 0 aromatic heterocycles. The summed E-state index contributed by atoms with van der Waals surface area (Å²) in [6, 6.07) is -0.593. The molecule has 0 aliphatic heterocycles. The maximum Gasteiger partial charge on any atom is 0.268 e. The standard InChI is InChI=1S/C5H9N3O3S/c6-8-7-4-2-1-3-5(4)12(9,10)11/h4-5H,1-3H2,(H,9,10,11)/t4-,5-/m1/s1. The molecule has 1 fully saturated rings. The normalized spacial score (nSPS) is 29.8. The summed E-state index contributed by atoms with van der Waals surface area (Å²) >= 11 is 0. The molecule has 0 spiro atoms. The van der Waals surface area contributed by atoms with Crippen LogP contribution in [0.15, 0.2) is 5.11 Å². The summed E-state index contributed by atoms with van der Waals surface area (Å²) in [5.74, 6) is 0. The van der Waals surface area contributed by atoms with Crippen LogP contribution >= 0.6 is 0 Å². The third-order valence-corrected chi connectivity index (χ3v) is 3.32. The Labute approximate surface area is 70.0 Å². The van der Waals surface area contributed by atoms with Crippen LogP contribution in [-0.2, 0) is 10.1 Å². The Morgan fingerprint density at radius 1 is 1.50 bits per heavy atom. The Morgan fingerprint density at radius 3 is 2.67 bits per heavy atom. The molecule has 6 nitrogen and oxygen atoms in total. The lowest BCUT2D eigenvalue weighted by Crippen LogP contribution is -2.26. The van der Waals surface area contributed by atoms with Crippen LogP contribution in [0.2, 0.25) is 0 Å². The first-order chi connectivity index (χ1) is 5.55.